The van der Waals surface area contributed by atoms with Crippen molar-refractivity contribution in [3.63, 3.8) is 0 Å². The van der Waals surface area contributed by atoms with Crippen molar-refractivity contribution in [3.8, 4) is 0 Å². The Balaban J connectivity index is 3.03. The summed E-state index contributed by atoms with van der Waals surface area (Å²) in [5.41, 5.74) is 0. The third-order valence-corrected chi connectivity index (χ3v) is 93.8. The monoisotopic (exact) mass is 1440 g/mol. The second-order valence-corrected chi connectivity index (χ2v) is 78.4. The molecule has 0 aromatic rings. The number of hydrogen-bond acceptors (Lipinski definition) is 45. The van der Waals surface area contributed by atoms with Gasteiger partial charge >= 0.3 is 0 Å². The van der Waals surface area contributed by atoms with Crippen molar-refractivity contribution in [2.24, 2.45) is 0 Å². The van der Waals surface area contributed by atoms with E-state index < -0.39 is 0 Å². The second kappa shape index (κ2) is 60.4. The molecule has 45 heteroatoms. The third kappa shape index (κ3) is 59.4. The molecule has 1 nitrogen and oxygen atoms in total. The van der Waals surface area contributed by atoms with Crippen LogP contribution in [-0.2, 0) is 4.18 Å². The van der Waals surface area contributed by atoms with Gasteiger partial charge in [-0.15, -0.1) is 0 Å². The first kappa shape index (κ1) is 61.4. The van der Waals surface area contributed by atoms with Gasteiger partial charge in [-0.3, -0.25) is 0 Å². The zero-order chi connectivity index (χ0) is 33.1. The lowest BCUT2D eigenvalue weighted by Crippen LogP contribution is -1.51. The van der Waals surface area contributed by atoms with Crippen LogP contribution in [0.1, 0.15) is 0 Å². The molecule has 0 aromatic carbocycles. The summed E-state index contributed by atoms with van der Waals surface area (Å²) in [5, 5.41) is 0. The van der Waals surface area contributed by atoms with Gasteiger partial charge in [0.2, 0.25) is 0 Å². The minimum atomic E-state index is 1.40. The average molecular weight is 1440 g/mol. The van der Waals surface area contributed by atoms with Crippen LogP contribution in [0, 0.1) is 0 Å². The molecule has 0 aliphatic carbocycles. The molecule has 0 aromatic heterocycles. The summed E-state index contributed by atoms with van der Waals surface area (Å²) in [6.07, 6.45) is 0. The molecule has 0 heterocycles. The fourth-order valence-corrected chi connectivity index (χ4v) is 112. The molecular weight excluding hydrogens is 1440 g/mol. The van der Waals surface area contributed by atoms with E-state index >= 15 is 0 Å². The van der Waals surface area contributed by atoms with E-state index in [9.17, 15) is 0 Å². The minimum absolute atomic E-state index is 1.40. The molecule has 0 spiro atoms. The van der Waals surface area contributed by atoms with Crippen molar-refractivity contribution in [2.45, 2.75) is 0 Å². The fourth-order valence-electron chi connectivity index (χ4n) is 0.494. The molecule has 278 valence electrons. The maximum atomic E-state index is 4.91. The largest absolute Gasteiger partial charge is 0.308 e. The Labute approximate surface area is 435 Å². The molecule has 0 aliphatic heterocycles. The van der Waals surface area contributed by atoms with E-state index in [1.807, 2.05) is 295 Å². The highest BCUT2D eigenvalue weighted by molar-refractivity contribution is 9.62. The summed E-state index contributed by atoms with van der Waals surface area (Å²) in [6, 6.07) is 0. The molecule has 0 N–H and O–H groups in total. The lowest BCUT2D eigenvalue weighted by Gasteiger charge is -1.99. The van der Waals surface area contributed by atoms with E-state index in [0.29, 0.717) is 0 Å². The molecule has 0 aliphatic rings. The number of rotatable bonds is 43. The number of thiol groups is 1. The highest BCUT2D eigenvalue weighted by Gasteiger charge is 2.03. The molecule has 0 amide bonds. The maximum absolute atomic E-state index is 4.91. The molecule has 0 unspecified atom stereocenters. The van der Waals surface area contributed by atoms with Crippen LogP contribution >= 0.6 is 435 Å². The quantitative estimate of drug-likeness (QED) is 0.0268. The van der Waals surface area contributed by atoms with Gasteiger partial charge in [-0.1, -0.05) is 11.7 Å². The lowest BCUT2D eigenvalue weighted by molar-refractivity contribution is 0.498. The van der Waals surface area contributed by atoms with E-state index in [4.69, 9.17) is 4.18 Å². The lowest BCUT2D eigenvalue weighted by atomic mass is 11.8. The third-order valence-electron chi connectivity index (χ3n) is 1.24. The Bertz CT molecular complexity index is 450. The topological polar surface area (TPSA) is 9.23 Å². The van der Waals surface area contributed by atoms with Gasteiger partial charge in [-0.2, -0.15) is 0 Å². The van der Waals surface area contributed by atoms with Crippen LogP contribution in [0.3, 0.4) is 0 Å². The molecule has 0 saturated heterocycles. The Kier molecular flexibility index (Phi) is 80.5. The van der Waals surface area contributed by atoms with Gasteiger partial charge < -0.3 is 4.18 Å². The van der Waals surface area contributed by atoms with Crippen LogP contribution in [0.5, 0.6) is 0 Å². The van der Waals surface area contributed by atoms with Gasteiger partial charge in [-0.25, -0.2) is 0 Å². The Morgan fingerprint density at radius 3 is 0.478 bits per heavy atom. The first-order valence-corrected chi connectivity index (χ1v) is 65.6. The van der Waals surface area contributed by atoms with Gasteiger partial charge in [0.15, 0.2) is 0 Å². The Morgan fingerprint density at radius 2 is 0.348 bits per heavy atom. The van der Waals surface area contributed by atoms with Gasteiger partial charge in [0.05, 0.1) is 18.2 Å². The van der Waals surface area contributed by atoms with Gasteiger partial charge in [0.25, 0.3) is 0 Å². The zero-order valence-corrected chi connectivity index (χ0v) is 55.4. The predicted molar refractivity (Wildman–Crippen MR) is 342 cm³/mol. The fraction of sp³-hybridized carbons (Fsp3) is 1.00. The molecule has 0 fully saturated rings. The van der Waals surface area contributed by atoms with Crippen LogP contribution < -0.4 is 0 Å². The summed E-state index contributed by atoms with van der Waals surface area (Å²) >= 11 is 5.48. The summed E-state index contributed by atoms with van der Waals surface area (Å²) in [5.74, 6) is 0. The van der Waals surface area contributed by atoms with Crippen molar-refractivity contribution >= 4 is 435 Å². The Hall–Kier alpha value is 15.4. The van der Waals surface area contributed by atoms with Crippen molar-refractivity contribution in [3.05, 3.63) is 0 Å². The molecule has 0 rings (SSSR count). The summed E-state index contributed by atoms with van der Waals surface area (Å²) < 4.78 is 4.91. The molecule has 0 saturated carbocycles. The molecular formula is CH4OS44. The first-order chi connectivity index (χ1) is 22.9. The van der Waals surface area contributed by atoms with Crippen LogP contribution in [0.15, 0.2) is 0 Å². The van der Waals surface area contributed by atoms with Gasteiger partial charge in [0.1, 0.15) is 0 Å². The Morgan fingerprint density at radius 1 is 0.217 bits per heavy atom. The van der Waals surface area contributed by atoms with Crippen molar-refractivity contribution in [1.29, 1.82) is 0 Å². The van der Waals surface area contributed by atoms with E-state index in [0.717, 1.165) is 0 Å². The van der Waals surface area contributed by atoms with Gasteiger partial charge in [-0.05, 0) is 78.6 Å². The summed E-state index contributed by atoms with van der Waals surface area (Å²) in [4.78, 5) is 0. The van der Waals surface area contributed by atoms with E-state index in [1.54, 1.807) is 115 Å². The van der Waals surface area contributed by atoms with E-state index in [1.165, 1.54) is 20.9 Å². The minimum Gasteiger partial charge on any atom is -0.308 e. The molecule has 0 atom stereocenters. The highest BCUT2D eigenvalue weighted by Crippen LogP contribution is 2.68. The normalized spacial score (nSPS) is 11.6. The van der Waals surface area contributed by atoms with E-state index in [2.05, 4.69) is 11.7 Å². The zero-order valence-electron chi connectivity index (χ0n) is 19.4. The molecule has 0 radical (unpaired) electrons. The SMILES string of the molecule is COSSSSSSSSSSSSSSSSSSSSSSSSSSSSSSSSSSSSSSSSSSSS. The highest BCUT2D eigenvalue weighted by atomic mass is 34.1. The second-order valence-electron chi connectivity index (χ2n) is 3.10. The van der Waals surface area contributed by atoms with Crippen molar-refractivity contribution < 1.29 is 4.18 Å². The summed E-state index contributed by atoms with van der Waals surface area (Å²) in [7, 11) is 77.2. The smallest absolute Gasteiger partial charge is 0.0746 e. The van der Waals surface area contributed by atoms with E-state index in [-0.39, 0.29) is 0 Å². The maximum Gasteiger partial charge on any atom is 0.0746 e. The van der Waals surface area contributed by atoms with Crippen LogP contribution in [0.2, 0.25) is 0 Å². The molecule has 0 bridgehead atoms. The van der Waals surface area contributed by atoms with Crippen LogP contribution in [0.25, 0.3) is 0 Å². The van der Waals surface area contributed by atoms with Crippen molar-refractivity contribution in [1.82, 2.24) is 0 Å². The predicted octanol–water partition coefficient (Wildman–Crippen LogP) is 28.4. The first-order valence-electron chi connectivity index (χ1n) is 7.76. The molecule has 46 heavy (non-hydrogen) atoms. The average Bonchev–Trinajstić information content (AvgIpc) is 3.07. The summed E-state index contributed by atoms with van der Waals surface area (Å²) in [6.45, 7) is 0. The van der Waals surface area contributed by atoms with Crippen LogP contribution in [0.4, 0.5) is 0 Å². The standard InChI is InChI=1S/CH4OS44/c1-2-4-6-8-10-12-14-16-18-20-22-24-26-28-30-32-34-36-38-40-42-44-46-45-43-41-39-37-35-33-31-29-27-25-23-21-19-17-15-13-11-9-7-5-3/h3H,1H3. The van der Waals surface area contributed by atoms with Crippen molar-refractivity contribution in [2.75, 3.05) is 7.11 Å². The van der Waals surface area contributed by atoms with Crippen LogP contribution in [-0.4, -0.2) is 7.11 Å². The van der Waals surface area contributed by atoms with Gasteiger partial charge in [0, 0.05) is 334 Å². The number of hydrogen-bond donors (Lipinski definition) is 1.